The molecule has 0 aliphatic heterocycles. The molecule has 0 radical (unpaired) electrons. The van der Waals surface area contributed by atoms with Crippen molar-refractivity contribution in [2.24, 2.45) is 0 Å². The molecule has 5 heteroatoms. The molecule has 1 heterocycles. The van der Waals surface area contributed by atoms with Crippen LogP contribution >= 0.6 is 0 Å². The maximum atomic E-state index is 13.2. The van der Waals surface area contributed by atoms with Crippen LogP contribution in [0.4, 0.5) is 14.7 Å². The minimum absolute atomic E-state index is 0.255. The van der Waals surface area contributed by atoms with Crippen LogP contribution in [0, 0.1) is 18.6 Å². The van der Waals surface area contributed by atoms with E-state index in [2.05, 4.69) is 10.3 Å². The van der Waals surface area contributed by atoms with Gasteiger partial charge in [0.15, 0.2) is 11.6 Å². The lowest BCUT2D eigenvalue weighted by Gasteiger charge is -2.12. The minimum Gasteiger partial charge on any atom is -0.353 e. The number of benzene rings is 1. The maximum Gasteiger partial charge on any atom is 0.203 e. The van der Waals surface area contributed by atoms with E-state index >= 15 is 0 Å². The normalized spacial score (nSPS) is 11.1. The highest BCUT2D eigenvalue weighted by Crippen LogP contribution is 2.15. The van der Waals surface area contributed by atoms with Crippen LogP contribution in [0.5, 0.6) is 0 Å². The van der Waals surface area contributed by atoms with E-state index in [4.69, 9.17) is 0 Å². The van der Waals surface area contributed by atoms with E-state index in [0.29, 0.717) is 12.1 Å². The molecule has 1 N–H and O–H groups in total. The van der Waals surface area contributed by atoms with Crippen molar-refractivity contribution in [1.82, 2.24) is 9.55 Å². The van der Waals surface area contributed by atoms with Gasteiger partial charge in [-0.05, 0) is 38.5 Å². The van der Waals surface area contributed by atoms with Crippen LogP contribution < -0.4 is 5.32 Å². The van der Waals surface area contributed by atoms with Gasteiger partial charge in [0.2, 0.25) is 5.95 Å². The van der Waals surface area contributed by atoms with Gasteiger partial charge in [0.25, 0.3) is 0 Å². The van der Waals surface area contributed by atoms with Gasteiger partial charge < -0.3 is 9.88 Å². The van der Waals surface area contributed by atoms with E-state index in [-0.39, 0.29) is 6.04 Å². The third-order valence-corrected chi connectivity index (χ3v) is 2.65. The van der Waals surface area contributed by atoms with Gasteiger partial charge in [-0.2, -0.15) is 0 Å². The topological polar surface area (TPSA) is 29.9 Å². The van der Waals surface area contributed by atoms with Crippen molar-refractivity contribution in [3.05, 3.63) is 47.3 Å². The Balaban J connectivity index is 2.24. The second-order valence-electron chi connectivity index (χ2n) is 4.88. The highest BCUT2D eigenvalue weighted by molar-refractivity contribution is 5.31. The van der Waals surface area contributed by atoms with Crippen molar-refractivity contribution in [2.75, 3.05) is 5.32 Å². The summed E-state index contributed by atoms with van der Waals surface area (Å²) in [5.41, 5.74) is 1.58. The van der Waals surface area contributed by atoms with Gasteiger partial charge in [-0.3, -0.25) is 0 Å². The van der Waals surface area contributed by atoms with Crippen molar-refractivity contribution >= 4 is 5.95 Å². The molecule has 102 valence electrons. The Kier molecular flexibility index (Phi) is 3.83. The quantitative estimate of drug-likeness (QED) is 0.918. The SMILES string of the molecule is Cc1cn(Cc2ccc(F)c(F)c2)c(NC(C)C)n1. The van der Waals surface area contributed by atoms with Crippen molar-refractivity contribution in [3.8, 4) is 0 Å². The van der Waals surface area contributed by atoms with E-state index in [1.807, 2.05) is 31.5 Å². The van der Waals surface area contributed by atoms with Gasteiger partial charge in [-0.25, -0.2) is 13.8 Å². The van der Waals surface area contributed by atoms with Crippen molar-refractivity contribution in [3.63, 3.8) is 0 Å². The lowest BCUT2D eigenvalue weighted by Crippen LogP contribution is -2.15. The first kappa shape index (κ1) is 13.5. The second kappa shape index (κ2) is 5.38. The zero-order valence-electron chi connectivity index (χ0n) is 11.2. The van der Waals surface area contributed by atoms with Crippen molar-refractivity contribution in [1.29, 1.82) is 0 Å². The Bertz CT molecular complexity index is 576. The van der Waals surface area contributed by atoms with Crippen LogP contribution in [-0.4, -0.2) is 15.6 Å². The van der Waals surface area contributed by atoms with Crippen LogP contribution in [0.3, 0.4) is 0 Å². The number of nitrogens with one attached hydrogen (secondary N) is 1. The Hall–Kier alpha value is -1.91. The molecule has 0 saturated heterocycles. The van der Waals surface area contributed by atoms with Crippen molar-refractivity contribution in [2.45, 2.75) is 33.4 Å². The fourth-order valence-electron chi connectivity index (χ4n) is 1.88. The molecule has 0 saturated carbocycles. The molecule has 1 aromatic heterocycles. The van der Waals surface area contributed by atoms with Gasteiger partial charge in [0.1, 0.15) is 0 Å². The molecule has 1 aromatic carbocycles. The first-order chi connectivity index (χ1) is 8.95. The average molecular weight is 265 g/mol. The number of aryl methyl sites for hydroxylation is 1. The number of halogens is 2. The number of nitrogens with zero attached hydrogens (tertiary/aromatic N) is 2. The maximum absolute atomic E-state index is 13.2. The highest BCUT2D eigenvalue weighted by Gasteiger charge is 2.09. The molecular formula is C14H17F2N3. The number of aromatic nitrogens is 2. The van der Waals surface area contributed by atoms with Crippen LogP contribution in [0.25, 0.3) is 0 Å². The van der Waals surface area contributed by atoms with Gasteiger partial charge in [-0.1, -0.05) is 6.07 Å². The smallest absolute Gasteiger partial charge is 0.203 e. The third-order valence-electron chi connectivity index (χ3n) is 2.65. The van der Waals surface area contributed by atoms with E-state index in [1.165, 1.54) is 6.07 Å². The van der Waals surface area contributed by atoms with Gasteiger partial charge in [-0.15, -0.1) is 0 Å². The van der Waals surface area contributed by atoms with Gasteiger partial charge >= 0.3 is 0 Å². The molecule has 0 atom stereocenters. The first-order valence-corrected chi connectivity index (χ1v) is 6.20. The number of imidazole rings is 1. The third kappa shape index (κ3) is 3.30. The van der Waals surface area contributed by atoms with Crippen LogP contribution in [0.2, 0.25) is 0 Å². The number of hydrogen-bond acceptors (Lipinski definition) is 2. The average Bonchev–Trinajstić information content (AvgIpc) is 2.63. The summed E-state index contributed by atoms with van der Waals surface area (Å²) in [6.45, 7) is 6.39. The van der Waals surface area contributed by atoms with E-state index < -0.39 is 11.6 Å². The summed E-state index contributed by atoms with van der Waals surface area (Å²) in [5, 5.41) is 3.22. The first-order valence-electron chi connectivity index (χ1n) is 6.20. The summed E-state index contributed by atoms with van der Waals surface area (Å²) in [5.74, 6) is -0.920. The lowest BCUT2D eigenvalue weighted by atomic mass is 10.2. The number of anilines is 1. The molecular weight excluding hydrogens is 248 g/mol. The van der Waals surface area contributed by atoms with Gasteiger partial charge in [0, 0.05) is 12.2 Å². The van der Waals surface area contributed by atoms with E-state index in [0.717, 1.165) is 17.7 Å². The predicted octanol–water partition coefficient (Wildman–Crippen LogP) is 3.34. The summed E-state index contributed by atoms with van der Waals surface area (Å²) in [4.78, 5) is 4.37. The fourth-order valence-corrected chi connectivity index (χ4v) is 1.88. The lowest BCUT2D eigenvalue weighted by molar-refractivity contribution is 0.506. The van der Waals surface area contributed by atoms with E-state index in [1.54, 1.807) is 6.07 Å². The van der Waals surface area contributed by atoms with Crippen LogP contribution in [-0.2, 0) is 6.54 Å². The number of rotatable bonds is 4. The molecule has 0 aliphatic rings. The molecule has 0 fully saturated rings. The van der Waals surface area contributed by atoms with E-state index in [9.17, 15) is 8.78 Å². The molecule has 0 bridgehead atoms. The Morgan fingerprint density at radius 1 is 1.26 bits per heavy atom. The minimum atomic E-state index is -0.828. The zero-order chi connectivity index (χ0) is 14.0. The largest absolute Gasteiger partial charge is 0.353 e. The number of hydrogen-bond donors (Lipinski definition) is 1. The fraction of sp³-hybridized carbons (Fsp3) is 0.357. The Morgan fingerprint density at radius 3 is 2.63 bits per heavy atom. The van der Waals surface area contributed by atoms with Crippen LogP contribution in [0.15, 0.2) is 24.4 Å². The second-order valence-corrected chi connectivity index (χ2v) is 4.88. The molecule has 0 amide bonds. The summed E-state index contributed by atoms with van der Waals surface area (Å²) in [6.07, 6.45) is 1.88. The summed E-state index contributed by atoms with van der Waals surface area (Å²) >= 11 is 0. The van der Waals surface area contributed by atoms with Gasteiger partial charge in [0.05, 0.1) is 12.2 Å². The Morgan fingerprint density at radius 2 is 2.00 bits per heavy atom. The van der Waals surface area contributed by atoms with Crippen molar-refractivity contribution < 1.29 is 8.78 Å². The Labute approximate surface area is 111 Å². The standard InChI is InChI=1S/C14H17F2N3/c1-9(2)17-14-18-10(3)7-19(14)8-11-4-5-12(15)13(16)6-11/h4-7,9H,8H2,1-3H3,(H,17,18). The molecule has 3 nitrogen and oxygen atoms in total. The molecule has 0 unspecified atom stereocenters. The monoisotopic (exact) mass is 265 g/mol. The van der Waals surface area contributed by atoms with Crippen LogP contribution in [0.1, 0.15) is 25.1 Å². The summed E-state index contributed by atoms with van der Waals surface area (Å²) in [6, 6.07) is 4.19. The zero-order valence-corrected chi connectivity index (χ0v) is 11.2. The molecule has 2 rings (SSSR count). The highest BCUT2D eigenvalue weighted by atomic mass is 19.2. The molecule has 2 aromatic rings. The molecule has 0 aliphatic carbocycles. The summed E-state index contributed by atoms with van der Waals surface area (Å²) < 4.78 is 28.0. The predicted molar refractivity (Wildman–Crippen MR) is 71.2 cm³/mol. The molecule has 19 heavy (non-hydrogen) atoms. The summed E-state index contributed by atoms with van der Waals surface area (Å²) in [7, 11) is 0. The molecule has 0 spiro atoms.